The molecule has 0 saturated heterocycles. The fourth-order valence-electron chi connectivity index (χ4n) is 3.48. The second-order valence-corrected chi connectivity index (χ2v) is 7.89. The fraction of sp³-hybridized carbons (Fsp3) is 0.192. The summed E-state index contributed by atoms with van der Waals surface area (Å²) < 4.78 is 11.2. The number of hydrogen-bond donors (Lipinski definition) is 2. The van der Waals surface area contributed by atoms with E-state index in [4.69, 9.17) is 9.47 Å². The Morgan fingerprint density at radius 2 is 1.55 bits per heavy atom. The number of ether oxygens (including phenoxy) is 2. The van der Waals surface area contributed by atoms with E-state index >= 15 is 0 Å². The van der Waals surface area contributed by atoms with Crippen LogP contribution < -0.4 is 15.4 Å². The Kier molecular flexibility index (Phi) is 6.40. The summed E-state index contributed by atoms with van der Waals surface area (Å²) in [5.41, 5.74) is 0.303. The van der Waals surface area contributed by atoms with Crippen molar-refractivity contribution >= 4 is 23.5 Å². The van der Waals surface area contributed by atoms with Crippen molar-refractivity contribution in [2.45, 2.75) is 31.6 Å². The fourth-order valence-corrected chi connectivity index (χ4v) is 3.48. The van der Waals surface area contributed by atoms with Crippen LogP contribution in [0.4, 0.5) is 5.69 Å². The molecular weight excluding hydrogens is 420 g/mol. The monoisotopic (exact) mass is 444 g/mol. The van der Waals surface area contributed by atoms with Crippen LogP contribution in [0.3, 0.4) is 0 Å². The molecular formula is C26H24N2O5. The number of nitrogens with one attached hydrogen (secondary N) is 2. The summed E-state index contributed by atoms with van der Waals surface area (Å²) in [5.74, 6) is -1.57. The van der Waals surface area contributed by atoms with Gasteiger partial charge in [-0.05, 0) is 30.2 Å². The highest BCUT2D eigenvalue weighted by atomic mass is 16.5. The molecule has 3 aromatic rings. The van der Waals surface area contributed by atoms with Gasteiger partial charge in [-0.15, -0.1) is 0 Å². The second kappa shape index (κ2) is 9.56. The minimum atomic E-state index is -1.84. The third-order valence-corrected chi connectivity index (χ3v) is 5.41. The smallest absolute Gasteiger partial charge is 0.329 e. The molecule has 4 rings (SSSR count). The minimum absolute atomic E-state index is 0.0719. The van der Waals surface area contributed by atoms with Gasteiger partial charge in [0.2, 0.25) is 0 Å². The van der Waals surface area contributed by atoms with Gasteiger partial charge in [-0.1, -0.05) is 72.8 Å². The van der Waals surface area contributed by atoms with E-state index in [0.717, 1.165) is 11.1 Å². The molecule has 0 radical (unpaired) electrons. The van der Waals surface area contributed by atoms with Crippen molar-refractivity contribution in [3.63, 3.8) is 0 Å². The molecule has 7 nitrogen and oxygen atoms in total. The Labute approximate surface area is 191 Å². The maximum atomic E-state index is 13.2. The molecule has 0 spiro atoms. The molecule has 0 aliphatic carbocycles. The Bertz CT molecular complexity index is 1150. The lowest BCUT2D eigenvalue weighted by molar-refractivity contribution is -0.154. The number of carbonyl (C=O) groups is 3. The van der Waals surface area contributed by atoms with Crippen LogP contribution >= 0.6 is 0 Å². The highest BCUT2D eigenvalue weighted by Crippen LogP contribution is 2.33. The van der Waals surface area contributed by atoms with Crippen LogP contribution in [0.15, 0.2) is 84.9 Å². The predicted molar refractivity (Wildman–Crippen MR) is 122 cm³/mol. The van der Waals surface area contributed by atoms with Crippen LogP contribution in [0.5, 0.6) is 5.75 Å². The molecule has 0 fully saturated rings. The van der Waals surface area contributed by atoms with Crippen LogP contribution in [-0.2, 0) is 32.1 Å². The van der Waals surface area contributed by atoms with Gasteiger partial charge < -0.3 is 20.1 Å². The summed E-state index contributed by atoms with van der Waals surface area (Å²) in [6.07, 6.45) is 0.203. The highest BCUT2D eigenvalue weighted by molar-refractivity contribution is 6.15. The van der Waals surface area contributed by atoms with E-state index in [1.807, 2.05) is 60.7 Å². The first kappa shape index (κ1) is 22.1. The number of carbonyl (C=O) groups excluding carboxylic acids is 3. The molecule has 1 heterocycles. The number of anilines is 1. The zero-order chi connectivity index (χ0) is 23.3. The number of benzene rings is 3. The molecule has 2 atom stereocenters. The lowest BCUT2D eigenvalue weighted by Gasteiger charge is -2.34. The molecule has 33 heavy (non-hydrogen) atoms. The van der Waals surface area contributed by atoms with E-state index in [-0.39, 0.29) is 13.0 Å². The van der Waals surface area contributed by atoms with Gasteiger partial charge in [0, 0.05) is 6.42 Å². The van der Waals surface area contributed by atoms with Crippen molar-refractivity contribution in [1.82, 2.24) is 5.32 Å². The number of amides is 2. The lowest BCUT2D eigenvalue weighted by atomic mass is 9.99. The van der Waals surface area contributed by atoms with Gasteiger partial charge in [-0.2, -0.15) is 0 Å². The van der Waals surface area contributed by atoms with Crippen LogP contribution in [0.25, 0.3) is 0 Å². The van der Waals surface area contributed by atoms with E-state index in [9.17, 15) is 14.4 Å². The third kappa shape index (κ3) is 5.03. The first-order valence-electron chi connectivity index (χ1n) is 10.6. The van der Waals surface area contributed by atoms with Crippen LogP contribution in [0, 0.1) is 0 Å². The van der Waals surface area contributed by atoms with Crippen molar-refractivity contribution in [3.8, 4) is 5.75 Å². The van der Waals surface area contributed by atoms with Gasteiger partial charge in [0.15, 0.2) is 0 Å². The largest absolute Gasteiger partial charge is 0.466 e. The number of rotatable bonds is 7. The molecule has 168 valence electrons. The molecule has 0 unspecified atom stereocenters. The predicted octanol–water partition coefficient (Wildman–Crippen LogP) is 3.25. The Hall–Kier alpha value is -4.13. The van der Waals surface area contributed by atoms with Crippen LogP contribution in [0.1, 0.15) is 18.1 Å². The van der Waals surface area contributed by atoms with E-state index in [1.54, 1.807) is 24.3 Å². The first-order valence-corrected chi connectivity index (χ1v) is 10.6. The van der Waals surface area contributed by atoms with Gasteiger partial charge in [-0.25, -0.2) is 4.79 Å². The quantitative estimate of drug-likeness (QED) is 0.431. The molecule has 7 heteroatoms. The summed E-state index contributed by atoms with van der Waals surface area (Å²) >= 11 is 0. The summed E-state index contributed by atoms with van der Waals surface area (Å²) in [7, 11) is 0. The van der Waals surface area contributed by atoms with Gasteiger partial charge in [0.25, 0.3) is 17.4 Å². The standard InChI is InChI=1S/C26H24N2O5/c1-26(24(30)27-20-14-8-9-15-22(20)33-26)25(31)28-21(16-18-10-4-2-5-11-18)23(29)32-17-19-12-6-3-7-13-19/h2-15,21H,16-17H2,1H3,(H,27,30)(H,28,31)/t21-,26+/m1/s1. The molecule has 1 aliphatic rings. The van der Waals surface area contributed by atoms with E-state index in [2.05, 4.69) is 10.6 Å². The van der Waals surface area contributed by atoms with Crippen LogP contribution in [0.2, 0.25) is 0 Å². The van der Waals surface area contributed by atoms with Gasteiger partial charge in [0.05, 0.1) is 5.69 Å². The Balaban J connectivity index is 1.52. The maximum absolute atomic E-state index is 13.2. The molecule has 2 amide bonds. The molecule has 2 N–H and O–H groups in total. The number of fused-ring (bicyclic) bond motifs is 1. The summed E-state index contributed by atoms with van der Waals surface area (Å²) in [6, 6.07) is 24.4. The molecule has 1 aliphatic heterocycles. The molecule has 0 saturated carbocycles. The van der Waals surface area contributed by atoms with Crippen molar-refractivity contribution in [1.29, 1.82) is 0 Å². The van der Waals surface area contributed by atoms with Crippen molar-refractivity contribution in [2.24, 2.45) is 0 Å². The zero-order valence-electron chi connectivity index (χ0n) is 18.1. The molecule has 0 bridgehead atoms. The van der Waals surface area contributed by atoms with Crippen molar-refractivity contribution in [2.75, 3.05) is 5.32 Å². The van der Waals surface area contributed by atoms with Gasteiger partial charge >= 0.3 is 5.97 Å². The Morgan fingerprint density at radius 3 is 2.24 bits per heavy atom. The summed E-state index contributed by atoms with van der Waals surface area (Å²) in [4.78, 5) is 38.9. The lowest BCUT2D eigenvalue weighted by Crippen LogP contribution is -2.61. The van der Waals surface area contributed by atoms with Crippen LogP contribution in [-0.4, -0.2) is 29.4 Å². The maximum Gasteiger partial charge on any atom is 0.329 e. The topological polar surface area (TPSA) is 93.7 Å². The molecule has 3 aromatic carbocycles. The van der Waals surface area contributed by atoms with Crippen molar-refractivity contribution in [3.05, 3.63) is 96.1 Å². The molecule has 0 aromatic heterocycles. The van der Waals surface area contributed by atoms with Gasteiger partial charge in [0.1, 0.15) is 18.4 Å². The second-order valence-electron chi connectivity index (χ2n) is 7.89. The summed E-state index contributed by atoms with van der Waals surface area (Å²) in [6.45, 7) is 1.45. The van der Waals surface area contributed by atoms with E-state index < -0.39 is 29.4 Å². The Morgan fingerprint density at radius 1 is 0.939 bits per heavy atom. The zero-order valence-corrected chi connectivity index (χ0v) is 18.1. The summed E-state index contributed by atoms with van der Waals surface area (Å²) in [5, 5.41) is 5.36. The SMILES string of the molecule is C[C@]1(C(=O)N[C@H](Cc2ccccc2)C(=O)OCc2ccccc2)Oc2ccccc2NC1=O. The third-order valence-electron chi connectivity index (χ3n) is 5.41. The van der Waals surface area contributed by atoms with E-state index in [0.29, 0.717) is 11.4 Å². The highest BCUT2D eigenvalue weighted by Gasteiger charge is 2.48. The first-order chi connectivity index (χ1) is 16.0. The normalized spacial score (nSPS) is 17.7. The average molecular weight is 444 g/mol. The number of hydrogen-bond acceptors (Lipinski definition) is 5. The van der Waals surface area contributed by atoms with Crippen molar-refractivity contribution < 1.29 is 23.9 Å². The van der Waals surface area contributed by atoms with Gasteiger partial charge in [-0.3, -0.25) is 9.59 Å². The number of para-hydroxylation sites is 2. The average Bonchev–Trinajstić information content (AvgIpc) is 2.84. The minimum Gasteiger partial charge on any atom is -0.466 e. The van der Waals surface area contributed by atoms with E-state index in [1.165, 1.54) is 6.92 Å². The number of esters is 1.